The monoisotopic (exact) mass is 403 g/mol. The number of amides is 1. The van der Waals surface area contributed by atoms with Gasteiger partial charge in [0.15, 0.2) is 0 Å². The maximum absolute atomic E-state index is 12.6. The zero-order valence-electron chi connectivity index (χ0n) is 15.0. The number of β-amino-alcohol motifs (C(OH)–C–C–N with tert-alkyl or cyclic N) is 1. The largest absolute Gasteiger partial charge is 0.466 e. The van der Waals surface area contributed by atoms with Crippen molar-refractivity contribution >= 4 is 29.2 Å². The molecule has 0 unspecified atom stereocenters. The average Bonchev–Trinajstić information content (AvgIpc) is 3.00. The summed E-state index contributed by atoms with van der Waals surface area (Å²) in [5.41, 5.74) is 0.673. The Bertz CT molecular complexity index is 917. The van der Waals surface area contributed by atoms with Crippen LogP contribution in [-0.4, -0.2) is 53.7 Å². The molecule has 0 fully saturated rings. The van der Waals surface area contributed by atoms with Crippen LogP contribution in [0.5, 0.6) is 11.5 Å². The van der Waals surface area contributed by atoms with E-state index < -0.39 is 11.9 Å². The lowest BCUT2D eigenvalue weighted by Crippen LogP contribution is -2.31. The highest BCUT2D eigenvalue weighted by Gasteiger charge is 2.34. The summed E-state index contributed by atoms with van der Waals surface area (Å²) < 4.78 is 10.4. The Hall–Kier alpha value is -3.10. The number of carbonyl (C=O) groups excluding carboxylic acids is 2. The third-order valence-corrected chi connectivity index (χ3v) is 4.34. The Morgan fingerprint density at radius 2 is 2.18 bits per heavy atom. The normalized spacial score (nSPS) is 13.7. The molecular formula is C19H18ClN3O5. The van der Waals surface area contributed by atoms with Crippen molar-refractivity contribution in [2.75, 3.05) is 32.1 Å². The van der Waals surface area contributed by atoms with Gasteiger partial charge in [-0.05, 0) is 24.3 Å². The molecule has 0 radical (unpaired) electrons. The summed E-state index contributed by atoms with van der Waals surface area (Å²) in [6, 6.07) is 8.40. The number of rotatable bonds is 7. The van der Waals surface area contributed by atoms with Gasteiger partial charge in [-0.15, -0.1) is 0 Å². The minimum Gasteiger partial charge on any atom is -0.466 e. The first-order chi connectivity index (χ1) is 13.5. The van der Waals surface area contributed by atoms with Gasteiger partial charge in [0.2, 0.25) is 0 Å². The van der Waals surface area contributed by atoms with Crippen LogP contribution in [0.15, 0.2) is 54.0 Å². The zero-order chi connectivity index (χ0) is 20.1. The van der Waals surface area contributed by atoms with E-state index in [9.17, 15) is 9.59 Å². The predicted octanol–water partition coefficient (Wildman–Crippen LogP) is 2.20. The summed E-state index contributed by atoms with van der Waals surface area (Å²) in [4.78, 5) is 29.9. The van der Waals surface area contributed by atoms with Crippen LogP contribution >= 0.6 is 11.6 Å². The molecule has 0 saturated heterocycles. The molecule has 1 aromatic carbocycles. The second kappa shape index (κ2) is 8.73. The van der Waals surface area contributed by atoms with Gasteiger partial charge in [0, 0.05) is 18.8 Å². The first kappa shape index (κ1) is 19.7. The zero-order valence-corrected chi connectivity index (χ0v) is 15.8. The minimum absolute atomic E-state index is 0.0498. The summed E-state index contributed by atoms with van der Waals surface area (Å²) in [6.45, 7) is -0.0566. The van der Waals surface area contributed by atoms with Crippen molar-refractivity contribution in [3.8, 4) is 11.5 Å². The fourth-order valence-corrected chi connectivity index (χ4v) is 2.91. The highest BCUT2D eigenvalue weighted by Crippen LogP contribution is 2.32. The second-order valence-corrected chi connectivity index (χ2v) is 6.26. The molecule has 1 aliphatic rings. The molecule has 28 heavy (non-hydrogen) atoms. The lowest BCUT2D eigenvalue weighted by molar-refractivity contribution is -0.136. The number of aliphatic hydroxyl groups is 1. The van der Waals surface area contributed by atoms with Gasteiger partial charge in [0.25, 0.3) is 5.91 Å². The standard InChI is InChI=1S/C19H18ClN3O5/c1-27-19(26)14-11-23(7-8-24)18(25)17(14)22-16-5-4-12(9-15(16)20)28-13-3-2-6-21-10-13/h2-6,9-10,22,24H,7-8,11H2,1H3. The maximum Gasteiger partial charge on any atom is 0.337 e. The molecule has 0 aliphatic carbocycles. The molecule has 0 saturated carbocycles. The first-order valence-electron chi connectivity index (χ1n) is 8.39. The number of esters is 1. The molecule has 2 N–H and O–H groups in total. The average molecular weight is 404 g/mol. The van der Waals surface area contributed by atoms with E-state index in [1.807, 2.05) is 0 Å². The van der Waals surface area contributed by atoms with Crippen molar-refractivity contribution in [1.29, 1.82) is 0 Å². The van der Waals surface area contributed by atoms with Crippen LogP contribution in [-0.2, 0) is 14.3 Å². The van der Waals surface area contributed by atoms with Gasteiger partial charge in [-0.25, -0.2) is 4.79 Å². The molecule has 9 heteroatoms. The number of halogens is 1. The number of hydrogen-bond acceptors (Lipinski definition) is 7. The van der Waals surface area contributed by atoms with Gasteiger partial charge >= 0.3 is 5.97 Å². The summed E-state index contributed by atoms with van der Waals surface area (Å²) in [6.07, 6.45) is 3.21. The fraction of sp³-hybridized carbons (Fsp3) is 0.211. The van der Waals surface area contributed by atoms with Gasteiger partial charge < -0.3 is 24.8 Å². The van der Waals surface area contributed by atoms with E-state index in [1.165, 1.54) is 12.0 Å². The van der Waals surface area contributed by atoms with E-state index in [-0.39, 0.29) is 31.0 Å². The topological polar surface area (TPSA) is 101 Å². The van der Waals surface area contributed by atoms with Gasteiger partial charge in [-0.2, -0.15) is 0 Å². The smallest absolute Gasteiger partial charge is 0.337 e. The van der Waals surface area contributed by atoms with Crippen LogP contribution in [0.3, 0.4) is 0 Å². The van der Waals surface area contributed by atoms with E-state index in [4.69, 9.17) is 26.2 Å². The Labute approximate surface area is 166 Å². The highest BCUT2D eigenvalue weighted by atomic mass is 35.5. The molecule has 1 aliphatic heterocycles. The maximum atomic E-state index is 12.6. The number of aromatic nitrogens is 1. The Morgan fingerprint density at radius 1 is 1.36 bits per heavy atom. The number of anilines is 1. The van der Waals surface area contributed by atoms with Crippen molar-refractivity contribution in [3.05, 3.63) is 59.0 Å². The number of carbonyl (C=O) groups is 2. The third kappa shape index (κ3) is 4.24. The number of aliphatic hydroxyl groups excluding tert-OH is 1. The molecule has 1 amide bonds. The first-order valence-corrected chi connectivity index (χ1v) is 8.77. The number of hydrogen-bond donors (Lipinski definition) is 2. The number of ether oxygens (including phenoxy) is 2. The highest BCUT2D eigenvalue weighted by molar-refractivity contribution is 6.33. The van der Waals surface area contributed by atoms with Crippen LogP contribution in [0.4, 0.5) is 5.69 Å². The quantitative estimate of drug-likeness (QED) is 0.683. The van der Waals surface area contributed by atoms with Crippen molar-refractivity contribution in [2.45, 2.75) is 0 Å². The summed E-state index contributed by atoms with van der Waals surface area (Å²) >= 11 is 6.32. The molecule has 2 heterocycles. The molecule has 8 nitrogen and oxygen atoms in total. The van der Waals surface area contributed by atoms with Gasteiger partial charge in [0.1, 0.15) is 17.2 Å². The Morgan fingerprint density at radius 3 is 2.82 bits per heavy atom. The van der Waals surface area contributed by atoms with E-state index in [0.29, 0.717) is 22.2 Å². The molecule has 146 valence electrons. The van der Waals surface area contributed by atoms with Gasteiger partial charge in [-0.3, -0.25) is 9.78 Å². The Kier molecular flexibility index (Phi) is 6.13. The minimum atomic E-state index is -0.621. The number of benzene rings is 1. The van der Waals surface area contributed by atoms with Crippen molar-refractivity contribution < 1.29 is 24.2 Å². The molecule has 1 aromatic heterocycles. The van der Waals surface area contributed by atoms with Crippen LogP contribution in [0.2, 0.25) is 5.02 Å². The number of nitrogens with zero attached hydrogens (tertiary/aromatic N) is 2. The van der Waals surface area contributed by atoms with Crippen molar-refractivity contribution in [1.82, 2.24) is 9.88 Å². The molecule has 0 spiro atoms. The van der Waals surface area contributed by atoms with E-state index in [2.05, 4.69) is 10.3 Å². The number of pyridine rings is 1. The van der Waals surface area contributed by atoms with Crippen molar-refractivity contribution in [2.24, 2.45) is 0 Å². The third-order valence-electron chi connectivity index (χ3n) is 4.02. The van der Waals surface area contributed by atoms with Crippen molar-refractivity contribution in [3.63, 3.8) is 0 Å². The van der Waals surface area contributed by atoms with Crippen LogP contribution in [0.1, 0.15) is 0 Å². The SMILES string of the molecule is COC(=O)C1=C(Nc2ccc(Oc3cccnc3)cc2Cl)C(=O)N(CCO)C1. The number of nitrogens with one attached hydrogen (secondary N) is 1. The predicted molar refractivity (Wildman–Crippen MR) is 102 cm³/mol. The molecule has 0 bridgehead atoms. The molecule has 3 rings (SSSR count). The second-order valence-electron chi connectivity index (χ2n) is 5.85. The van der Waals surface area contributed by atoms with Crippen LogP contribution in [0.25, 0.3) is 0 Å². The lowest BCUT2D eigenvalue weighted by Gasteiger charge is -2.15. The summed E-state index contributed by atoms with van der Waals surface area (Å²) in [5.74, 6) is 0.0103. The summed E-state index contributed by atoms with van der Waals surface area (Å²) in [5, 5.41) is 12.3. The fourth-order valence-electron chi connectivity index (χ4n) is 2.69. The van der Waals surface area contributed by atoms with Crippen LogP contribution in [0, 0.1) is 0 Å². The van der Waals surface area contributed by atoms with Gasteiger partial charge in [-0.1, -0.05) is 11.6 Å². The van der Waals surface area contributed by atoms with E-state index >= 15 is 0 Å². The van der Waals surface area contributed by atoms with Crippen LogP contribution < -0.4 is 10.1 Å². The van der Waals surface area contributed by atoms with Gasteiger partial charge in [0.05, 0.1) is 42.7 Å². The number of methoxy groups -OCH3 is 1. The Balaban J connectivity index is 1.83. The summed E-state index contributed by atoms with van der Waals surface area (Å²) in [7, 11) is 1.24. The van der Waals surface area contributed by atoms with E-state index in [0.717, 1.165) is 0 Å². The molecule has 2 aromatic rings. The molecule has 0 atom stereocenters. The lowest BCUT2D eigenvalue weighted by atomic mass is 10.2. The molecular weight excluding hydrogens is 386 g/mol. The van der Waals surface area contributed by atoms with E-state index in [1.54, 1.807) is 42.7 Å².